The van der Waals surface area contributed by atoms with Crippen LogP contribution in [0.25, 0.3) is 0 Å². The highest BCUT2D eigenvalue weighted by molar-refractivity contribution is 14.0. The molecular formula is C19H31IN4O3S. The number of likely N-dealkylation sites (tertiary alicyclic amines) is 1. The molecule has 2 saturated heterocycles. The Balaban J connectivity index is 0.00000280. The monoisotopic (exact) mass is 522 g/mol. The lowest BCUT2D eigenvalue weighted by atomic mass is 10.2. The van der Waals surface area contributed by atoms with Crippen molar-refractivity contribution in [3.05, 3.63) is 29.8 Å². The molecule has 1 unspecified atom stereocenters. The van der Waals surface area contributed by atoms with Crippen molar-refractivity contribution in [3.63, 3.8) is 0 Å². The van der Waals surface area contributed by atoms with Crippen LogP contribution in [0.1, 0.15) is 18.9 Å². The van der Waals surface area contributed by atoms with E-state index in [0.717, 1.165) is 63.9 Å². The van der Waals surface area contributed by atoms with E-state index in [4.69, 9.17) is 9.73 Å². The van der Waals surface area contributed by atoms with E-state index in [1.807, 2.05) is 12.1 Å². The quantitative estimate of drug-likeness (QED) is 0.360. The van der Waals surface area contributed by atoms with Gasteiger partial charge in [0.2, 0.25) is 0 Å². The number of ether oxygens (including phenoxy) is 1. The van der Waals surface area contributed by atoms with E-state index in [0.29, 0.717) is 17.5 Å². The van der Waals surface area contributed by atoms with Crippen molar-refractivity contribution in [2.24, 2.45) is 4.99 Å². The number of nitrogens with zero attached hydrogens (tertiary/aromatic N) is 3. The molecule has 0 amide bonds. The van der Waals surface area contributed by atoms with Gasteiger partial charge >= 0.3 is 0 Å². The van der Waals surface area contributed by atoms with E-state index in [1.54, 1.807) is 12.1 Å². The smallest absolute Gasteiger partial charge is 0.194 e. The second-order valence-corrected chi connectivity index (χ2v) is 9.14. The Morgan fingerprint density at radius 2 is 1.89 bits per heavy atom. The summed E-state index contributed by atoms with van der Waals surface area (Å²) >= 11 is 0. The summed E-state index contributed by atoms with van der Waals surface area (Å²) in [5.41, 5.74) is 1.00. The summed E-state index contributed by atoms with van der Waals surface area (Å²) < 4.78 is 28.6. The van der Waals surface area contributed by atoms with Crippen LogP contribution in [0, 0.1) is 0 Å². The Morgan fingerprint density at radius 3 is 2.50 bits per heavy atom. The van der Waals surface area contributed by atoms with E-state index in [-0.39, 0.29) is 24.0 Å². The molecule has 0 saturated carbocycles. The van der Waals surface area contributed by atoms with Crippen LogP contribution in [0.3, 0.4) is 0 Å². The van der Waals surface area contributed by atoms with E-state index in [2.05, 4.69) is 22.0 Å². The molecule has 2 heterocycles. The molecule has 0 radical (unpaired) electrons. The highest BCUT2D eigenvalue weighted by Gasteiger charge is 2.30. The maximum absolute atomic E-state index is 11.6. The van der Waals surface area contributed by atoms with Crippen molar-refractivity contribution in [2.45, 2.75) is 30.8 Å². The Hall–Kier alpha value is -0.910. The normalized spacial score (nSPS) is 21.4. The predicted octanol–water partition coefficient (Wildman–Crippen LogP) is 1.58. The topological polar surface area (TPSA) is 74.2 Å². The standard InChI is InChI=1S/C19H30N4O3S.HI/c1-3-20-19(21-14-16-4-6-18(7-5-16)27(2,24)25)23-9-8-17(15-23)22-10-12-26-13-11-22;/h4-7,17H,3,8-15H2,1-2H3,(H,20,21);1H. The number of nitrogens with one attached hydrogen (secondary N) is 1. The molecule has 1 aromatic carbocycles. The van der Waals surface area contributed by atoms with Crippen LogP contribution < -0.4 is 5.32 Å². The van der Waals surface area contributed by atoms with Crippen molar-refractivity contribution in [2.75, 3.05) is 52.2 Å². The first kappa shape index (κ1) is 23.4. The van der Waals surface area contributed by atoms with Crippen molar-refractivity contribution < 1.29 is 13.2 Å². The number of aliphatic imine (C=N–C) groups is 1. The first-order valence-corrected chi connectivity index (χ1v) is 11.5. The molecule has 0 spiro atoms. The van der Waals surface area contributed by atoms with Crippen LogP contribution in [0.5, 0.6) is 0 Å². The molecule has 0 aliphatic carbocycles. The summed E-state index contributed by atoms with van der Waals surface area (Å²) in [4.78, 5) is 9.97. The highest BCUT2D eigenvalue weighted by Crippen LogP contribution is 2.17. The summed E-state index contributed by atoms with van der Waals surface area (Å²) in [6.07, 6.45) is 2.37. The Labute approximate surface area is 185 Å². The number of hydrogen-bond acceptors (Lipinski definition) is 5. The fourth-order valence-corrected chi connectivity index (χ4v) is 4.24. The number of rotatable bonds is 5. The van der Waals surface area contributed by atoms with Crippen molar-refractivity contribution in [1.29, 1.82) is 0 Å². The molecule has 1 aromatic rings. The number of halogens is 1. The Bertz CT molecular complexity index is 749. The molecule has 1 N–H and O–H groups in total. The lowest BCUT2D eigenvalue weighted by Crippen LogP contribution is -2.46. The minimum absolute atomic E-state index is 0. The highest BCUT2D eigenvalue weighted by atomic mass is 127. The average molecular weight is 522 g/mol. The van der Waals surface area contributed by atoms with Gasteiger partial charge in [0.05, 0.1) is 24.7 Å². The zero-order valence-corrected chi connectivity index (χ0v) is 19.8. The van der Waals surface area contributed by atoms with Crippen LogP contribution in [0.2, 0.25) is 0 Å². The molecule has 1 atom stereocenters. The molecule has 7 nitrogen and oxygen atoms in total. The van der Waals surface area contributed by atoms with Gasteiger partial charge in [-0.2, -0.15) is 0 Å². The predicted molar refractivity (Wildman–Crippen MR) is 122 cm³/mol. The maximum atomic E-state index is 11.6. The van der Waals surface area contributed by atoms with Gasteiger partial charge in [0.1, 0.15) is 0 Å². The summed E-state index contributed by atoms with van der Waals surface area (Å²) in [5, 5.41) is 3.39. The van der Waals surface area contributed by atoms with Crippen molar-refractivity contribution >= 4 is 39.8 Å². The molecule has 2 aliphatic heterocycles. The van der Waals surface area contributed by atoms with E-state index >= 15 is 0 Å². The van der Waals surface area contributed by atoms with Crippen LogP contribution in [-0.2, 0) is 21.1 Å². The molecule has 2 fully saturated rings. The first-order chi connectivity index (χ1) is 13.0. The van der Waals surface area contributed by atoms with Gasteiger partial charge < -0.3 is 15.0 Å². The second kappa shape index (κ2) is 10.7. The molecule has 9 heteroatoms. The molecule has 28 heavy (non-hydrogen) atoms. The van der Waals surface area contributed by atoms with E-state index in [9.17, 15) is 8.42 Å². The number of benzene rings is 1. The fourth-order valence-electron chi connectivity index (χ4n) is 3.61. The zero-order chi connectivity index (χ0) is 19.3. The van der Waals surface area contributed by atoms with Gasteiger partial charge in [-0.25, -0.2) is 13.4 Å². The SMILES string of the molecule is CCNC(=NCc1ccc(S(C)(=O)=O)cc1)N1CCC(N2CCOCC2)C1.I. The van der Waals surface area contributed by atoms with Gasteiger partial charge in [-0.05, 0) is 31.0 Å². The number of guanidine groups is 1. The van der Waals surface area contributed by atoms with Crippen LogP contribution in [0.4, 0.5) is 0 Å². The van der Waals surface area contributed by atoms with Crippen molar-refractivity contribution in [3.8, 4) is 0 Å². The summed E-state index contributed by atoms with van der Waals surface area (Å²) in [5.74, 6) is 0.931. The van der Waals surface area contributed by atoms with Gasteiger partial charge in [0, 0.05) is 45.0 Å². The minimum atomic E-state index is -3.16. The van der Waals surface area contributed by atoms with E-state index in [1.165, 1.54) is 6.26 Å². The third-order valence-corrected chi connectivity index (χ3v) is 6.25. The zero-order valence-electron chi connectivity index (χ0n) is 16.6. The van der Waals surface area contributed by atoms with Crippen LogP contribution in [-0.4, -0.2) is 82.4 Å². The third kappa shape index (κ3) is 6.30. The van der Waals surface area contributed by atoms with Gasteiger partial charge in [0.25, 0.3) is 0 Å². The minimum Gasteiger partial charge on any atom is -0.379 e. The van der Waals surface area contributed by atoms with Gasteiger partial charge in [-0.3, -0.25) is 4.90 Å². The number of morpholine rings is 1. The molecule has 0 bridgehead atoms. The fraction of sp³-hybridized carbons (Fsp3) is 0.632. The van der Waals surface area contributed by atoms with Gasteiger partial charge in [-0.15, -0.1) is 24.0 Å². The molecule has 3 rings (SSSR count). The van der Waals surface area contributed by atoms with Crippen LogP contribution >= 0.6 is 24.0 Å². The third-order valence-electron chi connectivity index (χ3n) is 5.12. The second-order valence-electron chi connectivity index (χ2n) is 7.12. The molecular weight excluding hydrogens is 491 g/mol. The molecule has 0 aromatic heterocycles. The molecule has 158 valence electrons. The van der Waals surface area contributed by atoms with Gasteiger partial charge in [0.15, 0.2) is 15.8 Å². The first-order valence-electron chi connectivity index (χ1n) is 9.61. The van der Waals surface area contributed by atoms with Gasteiger partial charge in [-0.1, -0.05) is 12.1 Å². The molecule has 2 aliphatic rings. The van der Waals surface area contributed by atoms with E-state index < -0.39 is 9.84 Å². The summed E-state index contributed by atoms with van der Waals surface area (Å²) in [7, 11) is -3.16. The Kier molecular flexibility index (Phi) is 8.97. The maximum Gasteiger partial charge on any atom is 0.194 e. The lowest BCUT2D eigenvalue weighted by Gasteiger charge is -2.32. The van der Waals surface area contributed by atoms with Crippen molar-refractivity contribution in [1.82, 2.24) is 15.1 Å². The summed E-state index contributed by atoms with van der Waals surface area (Å²) in [6, 6.07) is 7.54. The number of sulfone groups is 1. The summed E-state index contributed by atoms with van der Waals surface area (Å²) in [6.45, 7) is 9.10. The largest absolute Gasteiger partial charge is 0.379 e. The average Bonchev–Trinajstić information content (AvgIpc) is 3.15. The Morgan fingerprint density at radius 1 is 1.21 bits per heavy atom. The number of hydrogen-bond donors (Lipinski definition) is 1. The lowest BCUT2D eigenvalue weighted by molar-refractivity contribution is 0.0195. The van der Waals surface area contributed by atoms with Crippen LogP contribution in [0.15, 0.2) is 34.2 Å².